The zero-order valence-electron chi connectivity index (χ0n) is 12.5. The Labute approximate surface area is 126 Å². The number of benzene rings is 1. The van der Waals surface area contributed by atoms with Gasteiger partial charge in [-0.05, 0) is 31.2 Å². The van der Waals surface area contributed by atoms with E-state index in [0.717, 1.165) is 12.4 Å². The van der Waals surface area contributed by atoms with Crippen molar-refractivity contribution >= 4 is 5.96 Å². The van der Waals surface area contributed by atoms with E-state index >= 15 is 0 Å². The van der Waals surface area contributed by atoms with Gasteiger partial charge in [0.2, 0.25) is 0 Å². The molecule has 21 heavy (non-hydrogen) atoms. The molecule has 0 aromatic heterocycles. The predicted octanol–water partition coefficient (Wildman–Crippen LogP) is 2.03. The largest absolute Gasteiger partial charge is 0.373 e. The molecule has 1 saturated carbocycles. The maximum atomic E-state index is 5.90. The maximum Gasteiger partial charge on any atom is 0.191 e. The summed E-state index contributed by atoms with van der Waals surface area (Å²) in [5.74, 6) is 1.56. The van der Waals surface area contributed by atoms with Crippen molar-refractivity contribution in [3.05, 3.63) is 35.9 Å². The summed E-state index contributed by atoms with van der Waals surface area (Å²) in [7, 11) is 1.85. The maximum absolute atomic E-state index is 5.90. The Morgan fingerprint density at radius 2 is 1.90 bits per heavy atom. The van der Waals surface area contributed by atoms with E-state index in [-0.39, 0.29) is 0 Å². The molecular weight excluding hydrogens is 262 g/mol. The van der Waals surface area contributed by atoms with Gasteiger partial charge < -0.3 is 15.4 Å². The second-order valence-corrected chi connectivity index (χ2v) is 6.44. The lowest BCUT2D eigenvalue weighted by Gasteiger charge is -2.22. The molecule has 0 spiro atoms. The third-order valence-corrected chi connectivity index (χ3v) is 4.99. The van der Waals surface area contributed by atoms with Gasteiger partial charge in [-0.1, -0.05) is 30.3 Å². The molecule has 0 amide bonds. The highest BCUT2D eigenvalue weighted by Crippen LogP contribution is 2.40. The van der Waals surface area contributed by atoms with Gasteiger partial charge in [-0.25, -0.2) is 0 Å². The highest BCUT2D eigenvalue weighted by atomic mass is 16.5. The van der Waals surface area contributed by atoms with Crippen molar-refractivity contribution in [1.82, 2.24) is 10.6 Å². The fourth-order valence-corrected chi connectivity index (χ4v) is 3.73. The van der Waals surface area contributed by atoms with Crippen molar-refractivity contribution in [3.8, 4) is 0 Å². The number of aliphatic imine (C=N–C) groups is 1. The van der Waals surface area contributed by atoms with Crippen LogP contribution in [0.1, 0.15) is 37.2 Å². The van der Waals surface area contributed by atoms with Gasteiger partial charge in [0.05, 0.1) is 18.2 Å². The molecule has 0 radical (unpaired) electrons. The average Bonchev–Trinajstić information content (AvgIpc) is 2.97. The summed E-state index contributed by atoms with van der Waals surface area (Å²) in [6.45, 7) is 0. The van der Waals surface area contributed by atoms with Crippen LogP contribution in [-0.4, -0.2) is 37.3 Å². The van der Waals surface area contributed by atoms with E-state index in [1.54, 1.807) is 0 Å². The third kappa shape index (κ3) is 2.64. The fourth-order valence-electron chi connectivity index (χ4n) is 3.73. The van der Waals surface area contributed by atoms with Crippen LogP contribution in [0.4, 0.5) is 0 Å². The SMILES string of the molecule is CN=C(NC1CC2CCC1O2)NC1CC1c1ccccc1. The van der Waals surface area contributed by atoms with Gasteiger partial charge >= 0.3 is 0 Å². The Morgan fingerprint density at radius 1 is 1.10 bits per heavy atom. The Balaban J connectivity index is 1.32. The van der Waals surface area contributed by atoms with E-state index in [0.29, 0.717) is 30.2 Å². The van der Waals surface area contributed by atoms with Crippen LogP contribution in [0.3, 0.4) is 0 Å². The topological polar surface area (TPSA) is 45.7 Å². The first-order valence-electron chi connectivity index (χ1n) is 8.04. The first kappa shape index (κ1) is 13.1. The van der Waals surface area contributed by atoms with Crippen molar-refractivity contribution in [2.24, 2.45) is 4.99 Å². The van der Waals surface area contributed by atoms with Crippen LogP contribution in [0.15, 0.2) is 35.3 Å². The summed E-state index contributed by atoms with van der Waals surface area (Å²) in [5, 5.41) is 7.11. The van der Waals surface area contributed by atoms with E-state index in [4.69, 9.17) is 4.74 Å². The van der Waals surface area contributed by atoms with E-state index in [1.165, 1.54) is 24.8 Å². The molecule has 2 saturated heterocycles. The number of rotatable bonds is 3. The number of hydrogen-bond acceptors (Lipinski definition) is 2. The van der Waals surface area contributed by atoms with E-state index in [2.05, 4.69) is 46.0 Å². The summed E-state index contributed by atoms with van der Waals surface area (Å²) in [6, 6.07) is 11.7. The summed E-state index contributed by atoms with van der Waals surface area (Å²) in [4.78, 5) is 4.38. The zero-order valence-corrected chi connectivity index (χ0v) is 12.5. The first-order valence-corrected chi connectivity index (χ1v) is 8.04. The molecule has 2 heterocycles. The first-order chi connectivity index (χ1) is 10.3. The number of ether oxygens (including phenoxy) is 1. The zero-order chi connectivity index (χ0) is 14.2. The van der Waals surface area contributed by atoms with Crippen LogP contribution in [0, 0.1) is 0 Å². The predicted molar refractivity (Wildman–Crippen MR) is 83.5 cm³/mol. The Morgan fingerprint density at radius 3 is 2.57 bits per heavy atom. The molecule has 4 nitrogen and oxygen atoms in total. The number of nitrogens with one attached hydrogen (secondary N) is 2. The minimum absolute atomic E-state index is 0.387. The summed E-state index contributed by atoms with van der Waals surface area (Å²) in [5.41, 5.74) is 1.42. The van der Waals surface area contributed by atoms with E-state index in [9.17, 15) is 0 Å². The molecule has 3 aliphatic rings. The Kier molecular flexibility index (Phi) is 3.34. The van der Waals surface area contributed by atoms with Gasteiger partial charge in [0.1, 0.15) is 0 Å². The average molecular weight is 285 g/mol. The second-order valence-electron chi connectivity index (χ2n) is 6.44. The third-order valence-electron chi connectivity index (χ3n) is 4.99. The number of hydrogen-bond donors (Lipinski definition) is 2. The van der Waals surface area contributed by atoms with Gasteiger partial charge in [0, 0.05) is 19.0 Å². The minimum atomic E-state index is 0.387. The van der Waals surface area contributed by atoms with Crippen molar-refractivity contribution in [1.29, 1.82) is 0 Å². The molecule has 5 unspecified atom stereocenters. The number of guanidine groups is 1. The normalized spacial score (nSPS) is 37.6. The van der Waals surface area contributed by atoms with E-state index < -0.39 is 0 Å². The lowest BCUT2D eigenvalue weighted by molar-refractivity contribution is 0.0992. The van der Waals surface area contributed by atoms with E-state index in [1.807, 2.05) is 7.05 Å². The highest BCUT2D eigenvalue weighted by Gasteiger charge is 2.42. The molecule has 2 N–H and O–H groups in total. The molecule has 4 heteroatoms. The molecule has 1 aromatic rings. The molecule has 2 aliphatic heterocycles. The standard InChI is InChI=1S/C17H23N3O/c1-18-17(20-15-9-12-7-8-16(15)21-12)19-14-10-13(14)11-5-3-2-4-6-11/h2-6,12-16H,7-10H2,1H3,(H2,18,19,20). The molecule has 3 fully saturated rings. The van der Waals surface area contributed by atoms with Crippen LogP contribution < -0.4 is 10.6 Å². The monoisotopic (exact) mass is 285 g/mol. The van der Waals surface area contributed by atoms with Crippen LogP contribution >= 0.6 is 0 Å². The van der Waals surface area contributed by atoms with Gasteiger partial charge in [-0.15, -0.1) is 0 Å². The lowest BCUT2D eigenvalue weighted by Crippen LogP contribution is -2.48. The quantitative estimate of drug-likeness (QED) is 0.660. The van der Waals surface area contributed by atoms with Crippen molar-refractivity contribution < 1.29 is 4.74 Å². The van der Waals surface area contributed by atoms with Gasteiger partial charge in [0.15, 0.2) is 5.96 Å². The van der Waals surface area contributed by atoms with Gasteiger partial charge in [0.25, 0.3) is 0 Å². The number of nitrogens with zero attached hydrogens (tertiary/aromatic N) is 1. The molecule has 2 bridgehead atoms. The lowest BCUT2D eigenvalue weighted by atomic mass is 9.96. The summed E-state index contributed by atoms with van der Waals surface area (Å²) >= 11 is 0. The highest BCUT2D eigenvalue weighted by molar-refractivity contribution is 5.81. The Hall–Kier alpha value is -1.55. The number of fused-ring (bicyclic) bond motifs is 2. The van der Waals surface area contributed by atoms with Crippen LogP contribution in [0.25, 0.3) is 0 Å². The molecule has 112 valence electrons. The molecule has 5 atom stereocenters. The molecule has 4 rings (SSSR count). The minimum Gasteiger partial charge on any atom is -0.373 e. The van der Waals surface area contributed by atoms with Crippen molar-refractivity contribution in [2.45, 2.75) is 55.9 Å². The van der Waals surface area contributed by atoms with Crippen LogP contribution in [0.5, 0.6) is 0 Å². The molecule has 1 aliphatic carbocycles. The smallest absolute Gasteiger partial charge is 0.191 e. The summed E-state index contributed by atoms with van der Waals surface area (Å²) < 4.78 is 5.90. The second kappa shape index (κ2) is 5.34. The van der Waals surface area contributed by atoms with Crippen LogP contribution in [0.2, 0.25) is 0 Å². The van der Waals surface area contributed by atoms with Crippen molar-refractivity contribution in [3.63, 3.8) is 0 Å². The van der Waals surface area contributed by atoms with Gasteiger partial charge in [-0.3, -0.25) is 4.99 Å². The van der Waals surface area contributed by atoms with Crippen molar-refractivity contribution in [2.75, 3.05) is 7.05 Å². The Bertz CT molecular complexity index is 530. The summed E-state index contributed by atoms with van der Waals surface area (Å²) in [6.07, 6.45) is 5.60. The molecule has 1 aromatic carbocycles. The van der Waals surface area contributed by atoms with Crippen LogP contribution in [-0.2, 0) is 4.74 Å². The fraction of sp³-hybridized carbons (Fsp3) is 0.588. The molecular formula is C17H23N3O. The van der Waals surface area contributed by atoms with Gasteiger partial charge in [-0.2, -0.15) is 0 Å².